The highest BCUT2D eigenvalue weighted by atomic mass is 32.2. The van der Waals surface area contributed by atoms with Gasteiger partial charge in [-0.1, -0.05) is 13.8 Å². The van der Waals surface area contributed by atoms with Crippen LogP contribution in [0, 0.1) is 11.8 Å². The monoisotopic (exact) mass is 274 g/mol. The van der Waals surface area contributed by atoms with Crippen molar-refractivity contribution in [2.75, 3.05) is 37.7 Å². The minimum atomic E-state index is 0.0574. The molecule has 1 atom stereocenters. The second-order valence-corrected chi connectivity index (χ2v) is 6.52. The van der Waals surface area contributed by atoms with Gasteiger partial charge >= 0.3 is 6.03 Å². The lowest BCUT2D eigenvalue weighted by molar-refractivity contribution is 0.195. The number of aliphatic hydroxyl groups is 1. The molecule has 0 saturated carbocycles. The molecule has 0 aromatic rings. The van der Waals surface area contributed by atoms with Crippen LogP contribution in [-0.4, -0.2) is 53.8 Å². The van der Waals surface area contributed by atoms with Crippen LogP contribution >= 0.6 is 11.8 Å². The summed E-state index contributed by atoms with van der Waals surface area (Å²) in [4.78, 5) is 13.8. The number of thioether (sulfide) groups is 1. The van der Waals surface area contributed by atoms with Gasteiger partial charge in [0.05, 0.1) is 0 Å². The molecule has 0 bridgehead atoms. The summed E-state index contributed by atoms with van der Waals surface area (Å²) in [7, 11) is 0. The third-order valence-corrected chi connectivity index (χ3v) is 4.12. The van der Waals surface area contributed by atoms with Crippen molar-refractivity contribution in [3.05, 3.63) is 0 Å². The van der Waals surface area contributed by atoms with Crippen molar-refractivity contribution in [1.29, 1.82) is 0 Å². The van der Waals surface area contributed by atoms with E-state index in [0.717, 1.165) is 37.4 Å². The van der Waals surface area contributed by atoms with Crippen LogP contribution in [0.4, 0.5) is 4.79 Å². The Hall–Kier alpha value is -0.420. The van der Waals surface area contributed by atoms with E-state index in [4.69, 9.17) is 5.11 Å². The predicted molar refractivity (Wildman–Crippen MR) is 76.9 cm³/mol. The van der Waals surface area contributed by atoms with Crippen LogP contribution in [0.5, 0.6) is 0 Å². The fourth-order valence-corrected chi connectivity index (χ4v) is 3.17. The first kappa shape index (κ1) is 15.6. The van der Waals surface area contributed by atoms with E-state index in [9.17, 15) is 4.79 Å². The van der Waals surface area contributed by atoms with Gasteiger partial charge in [0.2, 0.25) is 0 Å². The molecule has 1 aliphatic rings. The molecule has 0 radical (unpaired) electrons. The van der Waals surface area contributed by atoms with E-state index in [0.29, 0.717) is 18.4 Å². The Morgan fingerprint density at radius 1 is 1.39 bits per heavy atom. The van der Waals surface area contributed by atoms with Crippen molar-refractivity contribution in [2.24, 2.45) is 11.8 Å². The number of carbonyl (C=O) groups is 1. The number of carbonyl (C=O) groups excluding carboxylic acids is 1. The summed E-state index contributed by atoms with van der Waals surface area (Å²) in [6, 6.07) is 0.0574. The number of nitrogens with zero attached hydrogens (tertiary/aromatic N) is 1. The minimum absolute atomic E-state index is 0.0574. The Balaban J connectivity index is 2.28. The molecule has 0 aliphatic carbocycles. The molecule has 2 amide bonds. The van der Waals surface area contributed by atoms with E-state index >= 15 is 0 Å². The van der Waals surface area contributed by atoms with Gasteiger partial charge in [-0.3, -0.25) is 0 Å². The van der Waals surface area contributed by atoms with Gasteiger partial charge in [0.1, 0.15) is 0 Å². The van der Waals surface area contributed by atoms with Crippen LogP contribution in [-0.2, 0) is 0 Å². The molecule has 0 aromatic heterocycles. The maximum Gasteiger partial charge on any atom is 0.317 e. The van der Waals surface area contributed by atoms with Crippen LogP contribution in [0.3, 0.4) is 0 Å². The second kappa shape index (κ2) is 8.64. The number of hydrogen-bond donors (Lipinski definition) is 2. The number of aliphatic hydroxyl groups excluding tert-OH is 1. The zero-order valence-corrected chi connectivity index (χ0v) is 12.3. The highest BCUT2D eigenvalue weighted by Gasteiger charge is 2.18. The molecule has 4 nitrogen and oxygen atoms in total. The van der Waals surface area contributed by atoms with Gasteiger partial charge in [0.25, 0.3) is 0 Å². The largest absolute Gasteiger partial charge is 0.396 e. The molecule has 1 aliphatic heterocycles. The number of rotatable bonds is 6. The SMILES string of the molecule is CC(C)C[C@H](CCO)CNC(=O)N1CCSCC1. The van der Waals surface area contributed by atoms with Gasteiger partial charge in [0, 0.05) is 37.7 Å². The molecule has 0 spiro atoms. The van der Waals surface area contributed by atoms with E-state index in [1.807, 2.05) is 16.7 Å². The van der Waals surface area contributed by atoms with Crippen LogP contribution in [0.2, 0.25) is 0 Å². The average molecular weight is 274 g/mol. The van der Waals surface area contributed by atoms with Gasteiger partial charge in [-0.15, -0.1) is 0 Å². The molecule has 1 fully saturated rings. The standard InChI is InChI=1S/C13H26N2O2S/c1-11(2)9-12(3-6-16)10-14-13(17)15-4-7-18-8-5-15/h11-12,16H,3-10H2,1-2H3,(H,14,17)/t12-/m0/s1. The lowest BCUT2D eigenvalue weighted by atomic mass is 9.94. The Labute approximate surface area is 115 Å². The summed E-state index contributed by atoms with van der Waals surface area (Å²) >= 11 is 1.90. The third-order valence-electron chi connectivity index (χ3n) is 3.18. The second-order valence-electron chi connectivity index (χ2n) is 5.29. The van der Waals surface area contributed by atoms with Crippen molar-refractivity contribution < 1.29 is 9.90 Å². The van der Waals surface area contributed by atoms with E-state index < -0.39 is 0 Å². The highest BCUT2D eigenvalue weighted by Crippen LogP contribution is 2.15. The number of nitrogens with one attached hydrogen (secondary N) is 1. The fourth-order valence-electron chi connectivity index (χ4n) is 2.26. The van der Waals surface area contributed by atoms with E-state index in [1.165, 1.54) is 0 Å². The van der Waals surface area contributed by atoms with Crippen LogP contribution < -0.4 is 5.32 Å². The van der Waals surface area contributed by atoms with Crippen molar-refractivity contribution in [3.63, 3.8) is 0 Å². The molecule has 5 heteroatoms. The van der Waals surface area contributed by atoms with Crippen molar-refractivity contribution in [2.45, 2.75) is 26.7 Å². The summed E-state index contributed by atoms with van der Waals surface area (Å²) < 4.78 is 0. The molecule has 1 saturated heterocycles. The molecule has 106 valence electrons. The first-order valence-corrected chi connectivity index (χ1v) is 8.00. The predicted octanol–water partition coefficient (Wildman–Crippen LogP) is 1.79. The molecule has 18 heavy (non-hydrogen) atoms. The first-order valence-electron chi connectivity index (χ1n) is 6.85. The van der Waals surface area contributed by atoms with Gasteiger partial charge < -0.3 is 15.3 Å². The number of hydrogen-bond acceptors (Lipinski definition) is 3. The van der Waals surface area contributed by atoms with Gasteiger partial charge in [-0.05, 0) is 24.7 Å². The lowest BCUT2D eigenvalue weighted by Gasteiger charge is -2.28. The smallest absolute Gasteiger partial charge is 0.317 e. The van der Waals surface area contributed by atoms with Gasteiger partial charge in [-0.25, -0.2) is 4.79 Å². The molecule has 0 unspecified atom stereocenters. The van der Waals surface area contributed by atoms with Crippen LogP contribution in [0.15, 0.2) is 0 Å². The number of urea groups is 1. The summed E-state index contributed by atoms with van der Waals surface area (Å²) in [5, 5.41) is 12.0. The van der Waals surface area contributed by atoms with E-state index in [2.05, 4.69) is 19.2 Å². The normalized spacial score (nSPS) is 17.9. The van der Waals surface area contributed by atoms with Crippen molar-refractivity contribution >= 4 is 17.8 Å². The Morgan fingerprint density at radius 3 is 2.61 bits per heavy atom. The zero-order chi connectivity index (χ0) is 13.4. The topological polar surface area (TPSA) is 52.6 Å². The fraction of sp³-hybridized carbons (Fsp3) is 0.923. The zero-order valence-electron chi connectivity index (χ0n) is 11.5. The summed E-state index contributed by atoms with van der Waals surface area (Å²) in [5.41, 5.74) is 0. The quantitative estimate of drug-likeness (QED) is 0.776. The van der Waals surface area contributed by atoms with Crippen LogP contribution in [0.25, 0.3) is 0 Å². The van der Waals surface area contributed by atoms with E-state index in [-0.39, 0.29) is 12.6 Å². The maximum absolute atomic E-state index is 11.9. The molecule has 2 N–H and O–H groups in total. The maximum atomic E-state index is 11.9. The van der Waals surface area contributed by atoms with Gasteiger partial charge in [-0.2, -0.15) is 11.8 Å². The molecule has 1 rings (SSSR count). The molecule has 0 aromatic carbocycles. The average Bonchev–Trinajstić information content (AvgIpc) is 2.36. The van der Waals surface area contributed by atoms with E-state index in [1.54, 1.807) is 0 Å². The molecule has 1 heterocycles. The highest BCUT2D eigenvalue weighted by molar-refractivity contribution is 7.99. The Morgan fingerprint density at radius 2 is 2.06 bits per heavy atom. The first-order chi connectivity index (χ1) is 8.63. The van der Waals surface area contributed by atoms with Crippen molar-refractivity contribution in [1.82, 2.24) is 10.2 Å². The Bertz CT molecular complexity index is 243. The van der Waals surface area contributed by atoms with Crippen molar-refractivity contribution in [3.8, 4) is 0 Å². The summed E-state index contributed by atoms with van der Waals surface area (Å²) in [5.74, 6) is 3.07. The summed E-state index contributed by atoms with van der Waals surface area (Å²) in [6.45, 7) is 6.94. The Kier molecular flexibility index (Phi) is 7.51. The lowest BCUT2D eigenvalue weighted by Crippen LogP contribution is -2.45. The summed E-state index contributed by atoms with van der Waals surface area (Å²) in [6.07, 6.45) is 1.82. The molecular formula is C13H26N2O2S. The molecular weight excluding hydrogens is 248 g/mol. The van der Waals surface area contributed by atoms with Crippen LogP contribution in [0.1, 0.15) is 26.7 Å². The van der Waals surface area contributed by atoms with Gasteiger partial charge in [0.15, 0.2) is 0 Å². The number of amides is 2. The third kappa shape index (κ3) is 5.96. The minimum Gasteiger partial charge on any atom is -0.396 e.